The van der Waals surface area contributed by atoms with E-state index in [1.807, 2.05) is 0 Å². The highest BCUT2D eigenvalue weighted by Gasteiger charge is 2.44. The number of rotatable bonds is 7. The lowest BCUT2D eigenvalue weighted by molar-refractivity contribution is -0.149. The van der Waals surface area contributed by atoms with Crippen LogP contribution in [-0.2, 0) is 9.59 Å². The van der Waals surface area contributed by atoms with E-state index in [0.29, 0.717) is 0 Å². The van der Waals surface area contributed by atoms with E-state index < -0.39 is 35.3 Å². The number of carboxylic acids is 2. The Kier molecular flexibility index (Phi) is 5.67. The van der Waals surface area contributed by atoms with Crippen LogP contribution in [0.25, 0.3) is 0 Å². The van der Waals surface area contributed by atoms with Gasteiger partial charge >= 0.3 is 11.9 Å². The van der Waals surface area contributed by atoms with Crippen molar-refractivity contribution in [1.82, 2.24) is 0 Å². The number of hydrogen-bond acceptors (Lipinski definition) is 4. The first-order valence-electron chi connectivity index (χ1n) is 7.89. The van der Waals surface area contributed by atoms with Crippen molar-refractivity contribution in [2.75, 3.05) is 0 Å². The Morgan fingerprint density at radius 1 is 0.615 bits per heavy atom. The van der Waals surface area contributed by atoms with Gasteiger partial charge in [0.1, 0.15) is 11.8 Å². The van der Waals surface area contributed by atoms with E-state index in [4.69, 9.17) is 0 Å². The first-order chi connectivity index (χ1) is 12.2. The summed E-state index contributed by atoms with van der Waals surface area (Å²) in [6, 6.07) is 12.1. The third kappa shape index (κ3) is 4.03. The molecule has 0 aromatic heterocycles. The molecule has 0 radical (unpaired) electrons. The molecule has 0 aliphatic heterocycles. The number of aliphatic carboxylic acids is 2. The predicted octanol–water partition coefficient (Wildman–Crippen LogP) is 2.77. The topological polar surface area (TPSA) is 109 Å². The van der Waals surface area contributed by atoms with E-state index in [1.54, 1.807) is 38.1 Å². The van der Waals surface area contributed by atoms with Gasteiger partial charge in [0, 0.05) is 11.1 Å². The summed E-state index contributed by atoms with van der Waals surface area (Å²) in [6.45, 7) is 3.59. The van der Waals surface area contributed by atoms with Crippen molar-refractivity contribution < 1.29 is 29.4 Å². The summed E-state index contributed by atoms with van der Waals surface area (Å²) in [6.07, 6.45) is 0. The van der Waals surface area contributed by atoms with E-state index in [0.717, 1.165) is 11.1 Å². The number of aryl methyl sites for hydroxylation is 2. The maximum atomic E-state index is 12.6. The van der Waals surface area contributed by atoms with Crippen LogP contribution in [0.15, 0.2) is 48.5 Å². The molecule has 6 nitrogen and oxygen atoms in total. The van der Waals surface area contributed by atoms with Crippen molar-refractivity contribution in [3.05, 3.63) is 70.8 Å². The van der Waals surface area contributed by atoms with Crippen molar-refractivity contribution in [3.8, 4) is 0 Å². The van der Waals surface area contributed by atoms with Gasteiger partial charge < -0.3 is 10.2 Å². The second-order valence-electron chi connectivity index (χ2n) is 6.09. The van der Waals surface area contributed by atoms with Gasteiger partial charge in [0.05, 0.1) is 0 Å². The number of benzene rings is 2. The number of carbonyl (C=O) groups excluding carboxylic acids is 2. The van der Waals surface area contributed by atoms with Gasteiger partial charge in [-0.05, 0) is 13.8 Å². The smallest absolute Gasteiger partial charge is 0.315 e. The van der Waals surface area contributed by atoms with Crippen LogP contribution >= 0.6 is 0 Å². The summed E-state index contributed by atoms with van der Waals surface area (Å²) in [7, 11) is 0. The molecule has 2 N–H and O–H groups in total. The molecule has 0 bridgehead atoms. The standard InChI is InChI=1S/C20H18O6/c1-11-3-7-13(8-4-11)17(21)15(19(23)24)16(20(25)26)18(22)14-9-5-12(2)6-10-14/h3-10,15-16H,1-2H3,(H,23,24)(H,25,26)/t15-,16-/m0/s1. The van der Waals surface area contributed by atoms with E-state index in [-0.39, 0.29) is 11.1 Å². The molecule has 0 spiro atoms. The zero-order chi connectivity index (χ0) is 19.4. The molecule has 0 aliphatic carbocycles. The Hall–Kier alpha value is -3.28. The molecule has 0 saturated heterocycles. The molecule has 26 heavy (non-hydrogen) atoms. The Balaban J connectivity index is 2.46. The maximum absolute atomic E-state index is 12.6. The lowest BCUT2D eigenvalue weighted by atomic mass is 9.81. The zero-order valence-electron chi connectivity index (χ0n) is 14.3. The highest BCUT2D eigenvalue weighted by molar-refractivity contribution is 6.18. The van der Waals surface area contributed by atoms with Gasteiger partial charge in [0.2, 0.25) is 0 Å². The molecule has 2 rings (SSSR count). The molecule has 2 aromatic rings. The number of carboxylic acid groups (broad SMARTS) is 2. The third-order valence-electron chi connectivity index (χ3n) is 4.10. The number of ketones is 2. The molecule has 0 amide bonds. The quantitative estimate of drug-likeness (QED) is 0.584. The molecule has 0 unspecified atom stereocenters. The number of carbonyl (C=O) groups is 4. The molecule has 134 valence electrons. The number of Topliss-reactive ketones (excluding diaryl/α,β-unsaturated/α-hetero) is 2. The van der Waals surface area contributed by atoms with Gasteiger partial charge in [-0.25, -0.2) is 0 Å². The molecule has 2 atom stereocenters. The van der Waals surface area contributed by atoms with Crippen molar-refractivity contribution in [2.24, 2.45) is 11.8 Å². The van der Waals surface area contributed by atoms with Crippen LogP contribution in [0.3, 0.4) is 0 Å². The van der Waals surface area contributed by atoms with Crippen LogP contribution in [0, 0.1) is 25.7 Å². The van der Waals surface area contributed by atoms with Gasteiger partial charge in [-0.2, -0.15) is 0 Å². The first kappa shape index (κ1) is 19.1. The summed E-state index contributed by atoms with van der Waals surface area (Å²) in [5, 5.41) is 19.0. The molecule has 2 aromatic carbocycles. The fourth-order valence-corrected chi connectivity index (χ4v) is 2.61. The summed E-state index contributed by atoms with van der Waals surface area (Å²) in [5.41, 5.74) is 1.81. The SMILES string of the molecule is Cc1ccc(C(=O)[C@@H](C(=O)O)[C@H](C(=O)O)C(=O)c2ccc(C)cc2)cc1. The molecule has 0 saturated carbocycles. The van der Waals surface area contributed by atoms with E-state index in [2.05, 4.69) is 0 Å². The van der Waals surface area contributed by atoms with Gasteiger partial charge in [0.15, 0.2) is 11.6 Å². The van der Waals surface area contributed by atoms with Crippen molar-refractivity contribution in [3.63, 3.8) is 0 Å². The minimum absolute atomic E-state index is 0.0472. The van der Waals surface area contributed by atoms with Crippen molar-refractivity contribution in [1.29, 1.82) is 0 Å². The summed E-state index contributed by atoms with van der Waals surface area (Å²) in [4.78, 5) is 48.6. The van der Waals surface area contributed by atoms with Crippen molar-refractivity contribution >= 4 is 23.5 Å². The van der Waals surface area contributed by atoms with Crippen molar-refractivity contribution in [2.45, 2.75) is 13.8 Å². The average molecular weight is 354 g/mol. The van der Waals surface area contributed by atoms with Crippen LogP contribution < -0.4 is 0 Å². The van der Waals surface area contributed by atoms with Gasteiger partial charge in [-0.1, -0.05) is 59.7 Å². The Bertz CT molecular complexity index is 775. The fraction of sp³-hybridized carbons (Fsp3) is 0.200. The first-order valence-corrected chi connectivity index (χ1v) is 7.89. The van der Waals surface area contributed by atoms with Crippen LogP contribution in [0.4, 0.5) is 0 Å². The van der Waals surface area contributed by atoms with Gasteiger partial charge in [0.25, 0.3) is 0 Å². The van der Waals surface area contributed by atoms with Crippen LogP contribution in [0.5, 0.6) is 0 Å². The molecule has 0 heterocycles. The normalized spacial score (nSPS) is 12.8. The van der Waals surface area contributed by atoms with E-state index in [1.165, 1.54) is 24.3 Å². The molecular weight excluding hydrogens is 336 g/mol. The van der Waals surface area contributed by atoms with Gasteiger partial charge in [-0.15, -0.1) is 0 Å². The fourth-order valence-electron chi connectivity index (χ4n) is 2.61. The minimum atomic E-state index is -2.01. The molecular formula is C20H18O6. The summed E-state index contributed by atoms with van der Waals surface area (Å²) >= 11 is 0. The minimum Gasteiger partial charge on any atom is -0.481 e. The third-order valence-corrected chi connectivity index (χ3v) is 4.10. The van der Waals surface area contributed by atoms with Gasteiger partial charge in [-0.3, -0.25) is 19.2 Å². The van der Waals surface area contributed by atoms with E-state index >= 15 is 0 Å². The highest BCUT2D eigenvalue weighted by Crippen LogP contribution is 2.24. The molecule has 0 fully saturated rings. The summed E-state index contributed by atoms with van der Waals surface area (Å²) in [5.74, 6) is -9.14. The predicted molar refractivity (Wildman–Crippen MR) is 93.3 cm³/mol. The Labute approximate surface area is 150 Å². The highest BCUT2D eigenvalue weighted by atomic mass is 16.4. The largest absolute Gasteiger partial charge is 0.481 e. The lowest BCUT2D eigenvalue weighted by Gasteiger charge is -2.19. The molecule has 0 aliphatic rings. The van der Waals surface area contributed by atoms with Crippen LogP contribution in [0.1, 0.15) is 31.8 Å². The Morgan fingerprint density at radius 3 is 1.12 bits per heavy atom. The van der Waals surface area contributed by atoms with E-state index in [9.17, 15) is 29.4 Å². The molecule has 6 heteroatoms. The second-order valence-corrected chi connectivity index (χ2v) is 6.09. The Morgan fingerprint density at radius 2 is 0.885 bits per heavy atom. The number of hydrogen-bond donors (Lipinski definition) is 2. The van der Waals surface area contributed by atoms with Crippen LogP contribution in [-0.4, -0.2) is 33.7 Å². The van der Waals surface area contributed by atoms with Crippen LogP contribution in [0.2, 0.25) is 0 Å². The maximum Gasteiger partial charge on any atom is 0.315 e. The monoisotopic (exact) mass is 354 g/mol. The zero-order valence-corrected chi connectivity index (χ0v) is 14.3. The second kappa shape index (κ2) is 7.74. The summed E-state index contributed by atoms with van der Waals surface area (Å²) < 4.78 is 0. The lowest BCUT2D eigenvalue weighted by Crippen LogP contribution is -2.40. The average Bonchev–Trinajstić information content (AvgIpc) is 2.59.